The number of alkyl halides is 2. The normalized spacial score (nSPS) is 13.2. The number of aromatic nitrogens is 2. The third kappa shape index (κ3) is 1.84. The standard InChI is InChI=1S/C9H6F4N2O2S/c1-4-2-5(10)3-6-7(4)15-8(14-6)9(11,12)18(13,16)17/h2-3H,1H3,(H,14,15). The van der Waals surface area contributed by atoms with Gasteiger partial charge in [-0.15, -0.1) is 0 Å². The van der Waals surface area contributed by atoms with Crippen molar-refractivity contribution in [1.82, 2.24) is 9.97 Å². The van der Waals surface area contributed by atoms with Crippen molar-refractivity contribution in [3.05, 3.63) is 29.3 Å². The highest BCUT2D eigenvalue weighted by Crippen LogP contribution is 2.34. The predicted octanol–water partition coefficient (Wildman–Crippen LogP) is 2.36. The molecule has 0 aliphatic carbocycles. The fourth-order valence-corrected chi connectivity index (χ4v) is 1.83. The molecule has 1 aromatic carbocycles. The van der Waals surface area contributed by atoms with Crippen LogP contribution in [-0.2, 0) is 15.5 Å². The molecule has 98 valence electrons. The number of aromatic amines is 1. The van der Waals surface area contributed by atoms with Crippen molar-refractivity contribution in [1.29, 1.82) is 0 Å². The fourth-order valence-electron chi connectivity index (χ4n) is 1.50. The number of benzene rings is 1. The zero-order chi connectivity index (χ0) is 13.7. The van der Waals surface area contributed by atoms with Crippen LogP contribution in [0.5, 0.6) is 0 Å². The lowest BCUT2D eigenvalue weighted by Crippen LogP contribution is -2.23. The summed E-state index contributed by atoms with van der Waals surface area (Å²) >= 11 is 0. The number of hydrogen-bond donors (Lipinski definition) is 1. The Morgan fingerprint density at radius 3 is 2.50 bits per heavy atom. The molecule has 9 heteroatoms. The number of H-pyrrole nitrogens is 1. The van der Waals surface area contributed by atoms with Crippen LogP contribution in [0.3, 0.4) is 0 Å². The highest BCUT2D eigenvalue weighted by Gasteiger charge is 2.50. The number of nitrogens with one attached hydrogen (secondary N) is 1. The maximum absolute atomic E-state index is 13.2. The number of halogens is 4. The second-order valence-electron chi connectivity index (χ2n) is 3.66. The smallest absolute Gasteiger partial charge is 0.336 e. The van der Waals surface area contributed by atoms with Crippen molar-refractivity contribution >= 4 is 21.3 Å². The number of imidazole rings is 1. The summed E-state index contributed by atoms with van der Waals surface area (Å²) in [4.78, 5) is 5.20. The van der Waals surface area contributed by atoms with Crippen molar-refractivity contribution in [2.75, 3.05) is 0 Å². The lowest BCUT2D eigenvalue weighted by atomic mass is 10.2. The average Bonchev–Trinajstić information content (AvgIpc) is 2.59. The van der Waals surface area contributed by atoms with Crippen molar-refractivity contribution in [3.8, 4) is 0 Å². The van der Waals surface area contributed by atoms with Crippen molar-refractivity contribution in [3.63, 3.8) is 0 Å². The Hall–Kier alpha value is -1.64. The number of aryl methyl sites for hydroxylation is 1. The molecule has 0 bridgehead atoms. The number of fused-ring (bicyclic) bond motifs is 1. The van der Waals surface area contributed by atoms with Crippen LogP contribution >= 0.6 is 0 Å². The minimum atomic E-state index is -6.15. The third-order valence-corrected chi connectivity index (χ3v) is 3.13. The van der Waals surface area contributed by atoms with Gasteiger partial charge in [0.25, 0.3) is 0 Å². The molecule has 0 aliphatic rings. The summed E-state index contributed by atoms with van der Waals surface area (Å²) < 4.78 is 72.5. The average molecular weight is 282 g/mol. The van der Waals surface area contributed by atoms with E-state index in [4.69, 9.17) is 0 Å². The van der Waals surface area contributed by atoms with Gasteiger partial charge < -0.3 is 4.98 Å². The van der Waals surface area contributed by atoms with Crippen LogP contribution in [-0.4, -0.2) is 18.4 Å². The van der Waals surface area contributed by atoms with Crippen molar-refractivity contribution in [2.45, 2.75) is 12.2 Å². The molecular formula is C9H6F4N2O2S. The summed E-state index contributed by atoms with van der Waals surface area (Å²) in [5, 5.41) is -4.80. The van der Waals surface area contributed by atoms with Crippen molar-refractivity contribution < 1.29 is 25.5 Å². The Bertz CT molecular complexity index is 723. The SMILES string of the molecule is Cc1cc(F)cc2[nH]c(C(F)(F)S(=O)(=O)F)nc12. The van der Waals surface area contributed by atoms with E-state index in [1.807, 2.05) is 4.98 Å². The van der Waals surface area contributed by atoms with E-state index in [0.717, 1.165) is 12.1 Å². The van der Waals surface area contributed by atoms with Gasteiger partial charge in [0.15, 0.2) is 5.82 Å². The van der Waals surface area contributed by atoms with E-state index >= 15 is 0 Å². The van der Waals surface area contributed by atoms with Gasteiger partial charge in [0.1, 0.15) is 5.82 Å². The van der Waals surface area contributed by atoms with E-state index in [-0.39, 0.29) is 16.6 Å². The van der Waals surface area contributed by atoms with Gasteiger partial charge in [-0.2, -0.15) is 17.2 Å². The molecule has 1 N–H and O–H groups in total. The van der Waals surface area contributed by atoms with Crippen LogP contribution in [0.2, 0.25) is 0 Å². The maximum atomic E-state index is 13.2. The molecule has 4 nitrogen and oxygen atoms in total. The van der Waals surface area contributed by atoms with Gasteiger partial charge in [-0.1, -0.05) is 3.89 Å². The van der Waals surface area contributed by atoms with Gasteiger partial charge in [0, 0.05) is 0 Å². The van der Waals surface area contributed by atoms with Gasteiger partial charge in [0.05, 0.1) is 11.0 Å². The van der Waals surface area contributed by atoms with Crippen LogP contribution in [0.25, 0.3) is 11.0 Å². The molecule has 0 unspecified atom stereocenters. The first-order chi connectivity index (χ1) is 8.13. The van der Waals surface area contributed by atoms with E-state index in [9.17, 15) is 25.5 Å². The van der Waals surface area contributed by atoms with E-state index < -0.39 is 27.1 Å². The van der Waals surface area contributed by atoms with Gasteiger partial charge in [-0.25, -0.2) is 9.37 Å². The molecule has 0 saturated heterocycles. The first-order valence-corrected chi connectivity index (χ1v) is 5.99. The molecule has 18 heavy (non-hydrogen) atoms. The second-order valence-corrected chi connectivity index (χ2v) is 5.05. The van der Waals surface area contributed by atoms with E-state index in [1.54, 1.807) is 0 Å². The molecule has 1 heterocycles. The van der Waals surface area contributed by atoms with Crippen LogP contribution < -0.4 is 0 Å². The molecule has 0 aliphatic heterocycles. The molecule has 0 saturated carbocycles. The molecule has 0 amide bonds. The molecule has 2 aromatic rings. The Kier molecular flexibility index (Phi) is 2.61. The molecule has 0 radical (unpaired) electrons. The topological polar surface area (TPSA) is 62.8 Å². The second kappa shape index (κ2) is 3.67. The monoisotopic (exact) mass is 282 g/mol. The fraction of sp³-hybridized carbons (Fsp3) is 0.222. The van der Waals surface area contributed by atoms with Crippen LogP contribution in [0.1, 0.15) is 11.4 Å². The Morgan fingerprint density at radius 1 is 1.33 bits per heavy atom. The Labute approximate surface area is 98.9 Å². The van der Waals surface area contributed by atoms with E-state index in [0.29, 0.717) is 0 Å². The van der Waals surface area contributed by atoms with Crippen molar-refractivity contribution in [2.24, 2.45) is 0 Å². The van der Waals surface area contributed by atoms with E-state index in [2.05, 4.69) is 4.98 Å². The summed E-state index contributed by atoms with van der Waals surface area (Å²) in [6, 6.07) is 1.90. The van der Waals surface area contributed by atoms with Gasteiger partial charge in [0.2, 0.25) is 0 Å². The molecule has 0 atom stereocenters. The maximum Gasteiger partial charge on any atom is 0.430 e. The van der Waals surface area contributed by atoms with Gasteiger partial charge in [-0.05, 0) is 24.6 Å². The summed E-state index contributed by atoms with van der Waals surface area (Å²) in [5.74, 6) is -2.09. The first kappa shape index (κ1) is 12.8. The number of hydrogen-bond acceptors (Lipinski definition) is 3. The summed E-state index contributed by atoms with van der Waals surface area (Å²) in [6.07, 6.45) is 0. The molecule has 1 aromatic heterocycles. The molecule has 0 spiro atoms. The molecule has 2 rings (SSSR count). The lowest BCUT2D eigenvalue weighted by molar-refractivity contribution is 0.0755. The van der Waals surface area contributed by atoms with Gasteiger partial charge in [-0.3, -0.25) is 0 Å². The summed E-state index contributed by atoms with van der Waals surface area (Å²) in [6.45, 7) is 1.40. The van der Waals surface area contributed by atoms with Gasteiger partial charge >= 0.3 is 15.5 Å². The number of nitrogens with zero attached hydrogens (tertiary/aromatic N) is 1. The zero-order valence-electron chi connectivity index (χ0n) is 8.84. The minimum Gasteiger partial charge on any atom is -0.336 e. The summed E-state index contributed by atoms with van der Waals surface area (Å²) in [5.41, 5.74) is 0.0418. The zero-order valence-corrected chi connectivity index (χ0v) is 9.66. The predicted molar refractivity (Wildman–Crippen MR) is 54.7 cm³/mol. The minimum absolute atomic E-state index is 0.0466. The van der Waals surface area contributed by atoms with Crippen LogP contribution in [0, 0.1) is 12.7 Å². The Balaban J connectivity index is 2.72. The molecule has 0 fully saturated rings. The van der Waals surface area contributed by atoms with E-state index in [1.165, 1.54) is 6.92 Å². The quantitative estimate of drug-likeness (QED) is 0.679. The lowest BCUT2D eigenvalue weighted by Gasteiger charge is -2.06. The molecular weight excluding hydrogens is 276 g/mol. The van der Waals surface area contributed by atoms with Crippen LogP contribution in [0.4, 0.5) is 17.1 Å². The highest BCUT2D eigenvalue weighted by molar-refractivity contribution is 7.87. The first-order valence-electron chi connectivity index (χ1n) is 4.61. The summed E-state index contributed by atoms with van der Waals surface area (Å²) in [7, 11) is -6.15. The Morgan fingerprint density at radius 2 is 1.94 bits per heavy atom. The third-order valence-electron chi connectivity index (χ3n) is 2.32. The highest BCUT2D eigenvalue weighted by atomic mass is 32.3. The largest absolute Gasteiger partial charge is 0.430 e. The number of rotatable bonds is 2. The van der Waals surface area contributed by atoms with Crippen LogP contribution in [0.15, 0.2) is 12.1 Å².